The molecule has 2 aromatic rings. The number of benzene rings is 1. The number of rotatable bonds is 21. The number of nitrogens with zero attached hydrogens (tertiary/aromatic N) is 2. The van der Waals surface area contributed by atoms with Gasteiger partial charge in [0.15, 0.2) is 17.9 Å². The Morgan fingerprint density at radius 1 is 0.638 bits per heavy atom. The van der Waals surface area contributed by atoms with Crippen molar-refractivity contribution in [1.29, 1.82) is 0 Å². The third-order valence-electron chi connectivity index (χ3n) is 11.3. The van der Waals surface area contributed by atoms with Gasteiger partial charge in [-0.25, -0.2) is 8.42 Å². The van der Waals surface area contributed by atoms with Crippen LogP contribution in [-0.4, -0.2) is 26.1 Å². The number of anilines is 1. The fourth-order valence-electron chi connectivity index (χ4n) is 9.16. The zero-order valence-electron chi connectivity index (χ0n) is 29.9. The summed E-state index contributed by atoms with van der Waals surface area (Å²) in [6.45, 7) is 7.12. The van der Waals surface area contributed by atoms with Gasteiger partial charge in [0, 0.05) is 50.2 Å². The zero-order valence-corrected chi connectivity index (χ0v) is 30.7. The molecular formula is C41H66N2O3S. The summed E-state index contributed by atoms with van der Waals surface area (Å²) in [5.74, 6) is 3.04. The highest BCUT2D eigenvalue weighted by Gasteiger charge is 2.56. The summed E-state index contributed by atoms with van der Waals surface area (Å²) in [5, 5.41) is 0. The first-order valence-electron chi connectivity index (χ1n) is 19.6. The molecule has 0 aliphatic heterocycles. The van der Waals surface area contributed by atoms with Crippen LogP contribution in [0.25, 0.3) is 0 Å². The first kappa shape index (κ1) is 37.9. The van der Waals surface area contributed by atoms with Crippen LogP contribution in [0.2, 0.25) is 0 Å². The molecule has 47 heavy (non-hydrogen) atoms. The van der Waals surface area contributed by atoms with Crippen LogP contribution in [0.1, 0.15) is 155 Å². The van der Waals surface area contributed by atoms with Crippen molar-refractivity contribution < 1.29 is 17.5 Å². The second-order valence-electron chi connectivity index (χ2n) is 15.3. The fourth-order valence-corrected chi connectivity index (χ4v) is 9.65. The highest BCUT2D eigenvalue weighted by atomic mass is 32.2. The lowest BCUT2D eigenvalue weighted by Crippen LogP contribution is -2.64. The van der Waals surface area contributed by atoms with E-state index in [9.17, 15) is 13.0 Å². The molecule has 264 valence electrons. The van der Waals surface area contributed by atoms with Crippen molar-refractivity contribution in [3.8, 4) is 0 Å². The van der Waals surface area contributed by atoms with Gasteiger partial charge in [-0.05, 0) is 62.0 Å². The summed E-state index contributed by atoms with van der Waals surface area (Å²) in [7, 11) is -4.25. The van der Waals surface area contributed by atoms with Crippen LogP contribution >= 0.6 is 0 Å². The Hall–Kier alpha value is -1.92. The van der Waals surface area contributed by atoms with Crippen molar-refractivity contribution >= 4 is 15.8 Å². The number of hydrogen-bond acceptors (Lipinski definition) is 4. The van der Waals surface area contributed by atoms with Crippen molar-refractivity contribution in [2.75, 3.05) is 18.0 Å². The summed E-state index contributed by atoms with van der Waals surface area (Å²) in [5.41, 5.74) is 1.93. The quantitative estimate of drug-likeness (QED) is 0.0755. The Morgan fingerprint density at radius 2 is 1.04 bits per heavy atom. The smallest absolute Gasteiger partial charge is 0.171 e. The molecule has 4 aliphatic carbocycles. The summed E-state index contributed by atoms with van der Waals surface area (Å²) in [6.07, 6.45) is 36.5. The van der Waals surface area contributed by atoms with Crippen LogP contribution < -0.4 is 9.47 Å². The molecule has 5 nitrogen and oxygen atoms in total. The summed E-state index contributed by atoms with van der Waals surface area (Å²) in [4.78, 5) is 2.55. The zero-order chi connectivity index (χ0) is 33.4. The molecule has 1 aromatic carbocycles. The van der Waals surface area contributed by atoms with E-state index in [0.717, 1.165) is 17.8 Å². The Labute approximate surface area is 288 Å². The molecule has 4 aliphatic rings. The van der Waals surface area contributed by atoms with Crippen LogP contribution in [-0.2, 0) is 15.7 Å². The second kappa shape index (κ2) is 19.9. The lowest BCUT2D eigenvalue weighted by atomic mass is 9.53. The van der Waals surface area contributed by atoms with Crippen molar-refractivity contribution in [3.63, 3.8) is 0 Å². The maximum absolute atomic E-state index is 10.3. The van der Waals surface area contributed by atoms with E-state index < -0.39 is 10.1 Å². The molecule has 0 saturated heterocycles. The van der Waals surface area contributed by atoms with E-state index in [-0.39, 0.29) is 4.90 Å². The highest BCUT2D eigenvalue weighted by Crippen LogP contribution is 2.56. The molecule has 0 atom stereocenters. The van der Waals surface area contributed by atoms with Gasteiger partial charge in [0.2, 0.25) is 0 Å². The van der Waals surface area contributed by atoms with E-state index in [4.69, 9.17) is 0 Å². The van der Waals surface area contributed by atoms with Crippen molar-refractivity contribution in [3.05, 3.63) is 54.9 Å². The Morgan fingerprint density at radius 3 is 1.43 bits per heavy atom. The molecule has 0 unspecified atom stereocenters. The molecule has 6 heteroatoms. The Balaban J connectivity index is 0.000000427. The van der Waals surface area contributed by atoms with Gasteiger partial charge in [-0.15, -0.1) is 0 Å². The minimum atomic E-state index is -4.25. The minimum absolute atomic E-state index is 0.185. The summed E-state index contributed by atoms with van der Waals surface area (Å²) >= 11 is 0. The largest absolute Gasteiger partial charge is 0.744 e. The number of hydrogen-bond donors (Lipinski definition) is 0. The predicted octanol–water partition coefficient (Wildman–Crippen LogP) is 10.6. The topological polar surface area (TPSA) is 64.3 Å². The van der Waals surface area contributed by atoms with E-state index in [1.54, 1.807) is 6.07 Å². The van der Waals surface area contributed by atoms with Crippen molar-refractivity contribution in [2.45, 2.75) is 166 Å². The van der Waals surface area contributed by atoms with Crippen LogP contribution in [0, 0.1) is 17.8 Å². The predicted molar refractivity (Wildman–Crippen MR) is 195 cm³/mol. The van der Waals surface area contributed by atoms with E-state index in [1.807, 2.05) is 0 Å². The first-order valence-corrected chi connectivity index (χ1v) is 21.0. The monoisotopic (exact) mass is 666 g/mol. The molecule has 0 N–H and O–H groups in total. The molecule has 4 fully saturated rings. The summed E-state index contributed by atoms with van der Waals surface area (Å²) in [6, 6.07) is 12.1. The second-order valence-corrected chi connectivity index (χ2v) is 16.7. The molecule has 4 bridgehead atoms. The van der Waals surface area contributed by atoms with Crippen molar-refractivity contribution in [1.82, 2.24) is 0 Å². The van der Waals surface area contributed by atoms with Gasteiger partial charge < -0.3 is 9.45 Å². The van der Waals surface area contributed by atoms with Gasteiger partial charge in [0.05, 0.1) is 4.90 Å². The third kappa shape index (κ3) is 12.5. The number of pyridine rings is 1. The van der Waals surface area contributed by atoms with Gasteiger partial charge in [-0.3, -0.25) is 0 Å². The average molecular weight is 667 g/mol. The van der Waals surface area contributed by atoms with Gasteiger partial charge >= 0.3 is 0 Å². The maximum Gasteiger partial charge on any atom is 0.171 e. The molecule has 0 radical (unpaired) electrons. The van der Waals surface area contributed by atoms with Crippen molar-refractivity contribution in [2.24, 2.45) is 17.8 Å². The average Bonchev–Trinajstić information content (AvgIpc) is 3.06. The molecule has 0 spiro atoms. The molecular weight excluding hydrogens is 601 g/mol. The molecule has 1 aromatic heterocycles. The molecule has 4 saturated carbocycles. The van der Waals surface area contributed by atoms with E-state index in [2.05, 4.69) is 47.8 Å². The number of aromatic nitrogens is 1. The lowest BCUT2D eigenvalue weighted by molar-refractivity contribution is -0.776. The van der Waals surface area contributed by atoms with Gasteiger partial charge in [0.25, 0.3) is 0 Å². The number of unbranched alkanes of at least 4 members (excludes halogenated alkanes) is 14. The Bertz CT molecular complexity index is 1180. The highest BCUT2D eigenvalue weighted by molar-refractivity contribution is 7.85. The standard InChI is InChI=1S/C35H61N2.C6H6O3S/c1-3-5-7-9-11-13-15-17-21-36(22-18-16-14-12-10-8-6-4-2)34-19-23-37(24-20-34)35-28-31-25-32(29-35)27-33(26-31)30-35;7-10(8,9)6-4-2-1-3-5-6/h19-20,23-24,31-33H,3-18,21-22,25-30H2,1-2H3;1-5H,(H,7,8,9)/q+1;/p-1. The van der Waals surface area contributed by atoms with Crippen LogP contribution in [0.15, 0.2) is 59.8 Å². The van der Waals surface area contributed by atoms with Crippen LogP contribution in [0.5, 0.6) is 0 Å². The fraction of sp³-hybridized carbons (Fsp3) is 0.732. The van der Waals surface area contributed by atoms with E-state index >= 15 is 0 Å². The molecule has 6 rings (SSSR count). The Kier molecular flexibility index (Phi) is 16.1. The SMILES string of the molecule is CCCCCCCCCCN(CCCCCCCCCC)c1cc[n+](C23CC4CC(CC(C4)C2)C3)cc1.O=S(=O)([O-])c1ccccc1. The lowest BCUT2D eigenvalue weighted by Gasteiger charge is -2.53. The first-order chi connectivity index (χ1) is 22.8. The van der Waals surface area contributed by atoms with Gasteiger partial charge in [-0.2, -0.15) is 4.57 Å². The van der Waals surface area contributed by atoms with Crippen LogP contribution in [0.4, 0.5) is 5.69 Å². The third-order valence-corrected chi connectivity index (χ3v) is 12.2. The van der Waals surface area contributed by atoms with Crippen LogP contribution in [0.3, 0.4) is 0 Å². The molecule has 0 amide bonds. The van der Waals surface area contributed by atoms with E-state index in [0.29, 0.717) is 5.54 Å². The van der Waals surface area contributed by atoms with Gasteiger partial charge in [-0.1, -0.05) is 122 Å². The molecule has 1 heterocycles. The minimum Gasteiger partial charge on any atom is -0.744 e. The maximum atomic E-state index is 10.3. The van der Waals surface area contributed by atoms with E-state index in [1.165, 1.54) is 184 Å². The summed E-state index contributed by atoms with van der Waals surface area (Å²) < 4.78 is 33.5. The van der Waals surface area contributed by atoms with Gasteiger partial charge in [0.1, 0.15) is 10.1 Å². The normalized spacial score (nSPS) is 23.0.